The van der Waals surface area contributed by atoms with E-state index in [9.17, 15) is 14.7 Å². The summed E-state index contributed by atoms with van der Waals surface area (Å²) in [6, 6.07) is 16.5. The largest absolute Gasteiger partial charge is 0.507 e. The minimum Gasteiger partial charge on any atom is -0.507 e. The summed E-state index contributed by atoms with van der Waals surface area (Å²) in [5.41, 5.74) is 1.82. The van der Waals surface area contributed by atoms with Gasteiger partial charge in [0, 0.05) is 31.0 Å². The number of aryl methyl sites for hydroxylation is 1. The number of aliphatic hydroxyl groups is 1. The van der Waals surface area contributed by atoms with Gasteiger partial charge in [-0.25, -0.2) is 0 Å². The molecule has 164 valence electrons. The number of rotatable bonds is 5. The molecule has 7 heteroatoms. The van der Waals surface area contributed by atoms with Gasteiger partial charge < -0.3 is 19.2 Å². The fourth-order valence-corrected chi connectivity index (χ4v) is 3.81. The van der Waals surface area contributed by atoms with Crippen molar-refractivity contribution in [2.75, 3.05) is 31.0 Å². The lowest BCUT2D eigenvalue weighted by atomic mass is 9.99. The van der Waals surface area contributed by atoms with Gasteiger partial charge in [0.15, 0.2) is 0 Å². The number of carbonyl (C=O) groups is 2. The Hall–Kier alpha value is -4.00. The van der Waals surface area contributed by atoms with Crippen molar-refractivity contribution in [3.8, 4) is 5.75 Å². The van der Waals surface area contributed by atoms with Crippen molar-refractivity contribution in [1.82, 2.24) is 0 Å². The Balaban J connectivity index is 1.89. The fourth-order valence-electron chi connectivity index (χ4n) is 3.81. The third kappa shape index (κ3) is 3.62. The number of carbonyl (C=O) groups excluding carboxylic acids is 2. The van der Waals surface area contributed by atoms with E-state index in [0.717, 1.165) is 5.69 Å². The van der Waals surface area contributed by atoms with E-state index in [1.165, 1.54) is 12.0 Å². The Morgan fingerprint density at radius 1 is 1.06 bits per heavy atom. The molecule has 0 saturated carbocycles. The number of furan rings is 1. The molecule has 1 N–H and O–H groups in total. The first-order chi connectivity index (χ1) is 15.3. The van der Waals surface area contributed by atoms with Gasteiger partial charge in [-0.1, -0.05) is 12.1 Å². The number of aliphatic hydroxyl groups excluding tert-OH is 1. The Morgan fingerprint density at radius 2 is 1.78 bits per heavy atom. The van der Waals surface area contributed by atoms with E-state index >= 15 is 0 Å². The van der Waals surface area contributed by atoms with Crippen molar-refractivity contribution < 1.29 is 23.8 Å². The fraction of sp³-hybridized carbons (Fsp3) is 0.200. The molecule has 1 saturated heterocycles. The number of anilines is 2. The highest BCUT2D eigenvalue weighted by Crippen LogP contribution is 2.43. The maximum absolute atomic E-state index is 13.1. The van der Waals surface area contributed by atoms with Crippen molar-refractivity contribution >= 4 is 28.8 Å². The van der Waals surface area contributed by atoms with Crippen molar-refractivity contribution in [2.24, 2.45) is 0 Å². The zero-order valence-electron chi connectivity index (χ0n) is 18.3. The lowest BCUT2D eigenvalue weighted by Gasteiger charge is -2.24. The highest BCUT2D eigenvalue weighted by Gasteiger charge is 2.48. The Kier molecular flexibility index (Phi) is 5.48. The molecule has 1 aliphatic heterocycles. The lowest BCUT2D eigenvalue weighted by Crippen LogP contribution is -2.29. The molecule has 0 aliphatic carbocycles. The molecule has 32 heavy (non-hydrogen) atoms. The van der Waals surface area contributed by atoms with Gasteiger partial charge in [0.25, 0.3) is 11.7 Å². The second-order valence-electron chi connectivity index (χ2n) is 7.76. The number of Topliss-reactive ketones (excluding diaryl/α,β-unsaturated/α-hetero) is 1. The van der Waals surface area contributed by atoms with Crippen molar-refractivity contribution in [3.05, 3.63) is 83.3 Å². The highest BCUT2D eigenvalue weighted by atomic mass is 16.5. The quantitative estimate of drug-likeness (QED) is 0.368. The second-order valence-corrected chi connectivity index (χ2v) is 7.76. The molecule has 2 heterocycles. The summed E-state index contributed by atoms with van der Waals surface area (Å²) < 4.78 is 11.0. The smallest absolute Gasteiger partial charge is 0.300 e. The summed E-state index contributed by atoms with van der Waals surface area (Å²) >= 11 is 0. The maximum Gasteiger partial charge on any atom is 0.300 e. The van der Waals surface area contributed by atoms with Crippen LogP contribution in [0.2, 0.25) is 0 Å². The van der Waals surface area contributed by atoms with Crippen LogP contribution in [-0.2, 0) is 9.59 Å². The first-order valence-electron chi connectivity index (χ1n) is 10.1. The standard InChI is InChI=1S/C25H24N2O5/c1-15-8-13-20(32-15)22-21(23(28)16-6-5-7-19(14-16)31-4)24(29)25(30)27(22)18-11-9-17(10-12-18)26(2)3/h5-14,22,28H,1-4H3/b23-21-. The molecule has 1 amide bonds. The number of hydrogen-bond donors (Lipinski definition) is 1. The van der Waals surface area contributed by atoms with Gasteiger partial charge in [-0.15, -0.1) is 0 Å². The van der Waals surface area contributed by atoms with E-state index in [0.29, 0.717) is 28.5 Å². The molecular weight excluding hydrogens is 408 g/mol. The number of hydrogen-bond acceptors (Lipinski definition) is 6. The van der Waals surface area contributed by atoms with E-state index in [-0.39, 0.29) is 11.3 Å². The van der Waals surface area contributed by atoms with Crippen molar-refractivity contribution in [2.45, 2.75) is 13.0 Å². The number of amides is 1. The van der Waals surface area contributed by atoms with Crippen LogP contribution in [0.25, 0.3) is 5.76 Å². The Morgan fingerprint density at radius 3 is 2.38 bits per heavy atom. The summed E-state index contributed by atoms with van der Waals surface area (Å²) in [5.74, 6) is -0.244. The van der Waals surface area contributed by atoms with Gasteiger partial charge in [0.2, 0.25) is 0 Å². The summed E-state index contributed by atoms with van der Waals surface area (Å²) in [6.45, 7) is 1.78. The average molecular weight is 432 g/mol. The summed E-state index contributed by atoms with van der Waals surface area (Å²) in [5, 5.41) is 11.1. The van der Waals surface area contributed by atoms with Crippen molar-refractivity contribution in [3.63, 3.8) is 0 Å². The summed E-state index contributed by atoms with van der Waals surface area (Å²) in [6.07, 6.45) is 0. The Bertz CT molecular complexity index is 1210. The number of benzene rings is 2. The number of ether oxygens (including phenoxy) is 1. The van der Waals surface area contributed by atoms with Gasteiger partial charge in [-0.2, -0.15) is 0 Å². The Labute approximate surface area is 186 Å². The van der Waals surface area contributed by atoms with Gasteiger partial charge >= 0.3 is 0 Å². The summed E-state index contributed by atoms with van der Waals surface area (Å²) in [4.78, 5) is 29.6. The molecular formula is C25H24N2O5. The third-order valence-electron chi connectivity index (χ3n) is 5.46. The highest BCUT2D eigenvalue weighted by molar-refractivity contribution is 6.51. The zero-order valence-corrected chi connectivity index (χ0v) is 18.3. The molecule has 1 unspecified atom stereocenters. The SMILES string of the molecule is COc1cccc(/C(O)=C2/C(=O)C(=O)N(c3ccc(N(C)C)cc3)C2c2ccc(C)o2)c1. The first kappa shape index (κ1) is 21.2. The molecule has 3 aromatic rings. The van der Waals surface area contributed by atoms with Crippen LogP contribution in [0.1, 0.15) is 23.1 Å². The lowest BCUT2D eigenvalue weighted by molar-refractivity contribution is -0.132. The molecule has 4 rings (SSSR count). The van der Waals surface area contributed by atoms with Gasteiger partial charge in [0.1, 0.15) is 29.1 Å². The van der Waals surface area contributed by atoms with Gasteiger partial charge in [-0.3, -0.25) is 14.5 Å². The predicted octanol–water partition coefficient (Wildman–Crippen LogP) is 4.29. The summed E-state index contributed by atoms with van der Waals surface area (Å²) in [7, 11) is 5.35. The van der Waals surface area contributed by atoms with E-state index in [1.54, 1.807) is 55.5 Å². The second kappa shape index (κ2) is 8.26. The van der Waals surface area contributed by atoms with Crippen molar-refractivity contribution in [1.29, 1.82) is 0 Å². The van der Waals surface area contributed by atoms with E-state index in [4.69, 9.17) is 9.15 Å². The molecule has 1 fully saturated rings. The van der Waals surface area contributed by atoms with Crippen LogP contribution in [0.4, 0.5) is 11.4 Å². The minimum absolute atomic E-state index is 0.0331. The normalized spacial score (nSPS) is 17.6. The van der Waals surface area contributed by atoms with Crippen LogP contribution in [0.5, 0.6) is 5.75 Å². The topological polar surface area (TPSA) is 83.2 Å². The number of nitrogens with zero attached hydrogens (tertiary/aromatic N) is 2. The van der Waals surface area contributed by atoms with Gasteiger partial charge in [-0.05, 0) is 55.5 Å². The molecule has 1 aromatic heterocycles. The zero-order chi connectivity index (χ0) is 23.0. The molecule has 0 radical (unpaired) electrons. The molecule has 2 aromatic carbocycles. The van der Waals surface area contributed by atoms with Crippen LogP contribution in [0, 0.1) is 6.92 Å². The van der Waals surface area contributed by atoms with Crippen LogP contribution in [0.15, 0.2) is 70.7 Å². The first-order valence-corrected chi connectivity index (χ1v) is 10.1. The minimum atomic E-state index is -0.903. The molecule has 0 spiro atoms. The van der Waals surface area contributed by atoms with Crippen LogP contribution >= 0.6 is 0 Å². The third-order valence-corrected chi connectivity index (χ3v) is 5.46. The van der Waals surface area contributed by atoms with E-state index in [2.05, 4.69) is 0 Å². The monoisotopic (exact) mass is 432 g/mol. The molecule has 0 bridgehead atoms. The van der Waals surface area contributed by atoms with E-state index in [1.807, 2.05) is 31.1 Å². The van der Waals surface area contributed by atoms with E-state index < -0.39 is 17.7 Å². The van der Waals surface area contributed by atoms with Crippen LogP contribution in [0.3, 0.4) is 0 Å². The van der Waals surface area contributed by atoms with Gasteiger partial charge in [0.05, 0.1) is 12.7 Å². The number of ketones is 1. The predicted molar refractivity (Wildman–Crippen MR) is 122 cm³/mol. The molecule has 1 aliphatic rings. The maximum atomic E-state index is 13.1. The molecule has 1 atom stereocenters. The number of methoxy groups -OCH3 is 1. The van der Waals surface area contributed by atoms with Crippen LogP contribution < -0.4 is 14.5 Å². The average Bonchev–Trinajstić information content (AvgIpc) is 3.34. The van der Waals surface area contributed by atoms with Crippen LogP contribution in [-0.4, -0.2) is 38.0 Å². The molecule has 7 nitrogen and oxygen atoms in total.